The maximum Gasteiger partial charge on any atom is 0.409 e. The monoisotopic (exact) mass is 492 g/mol. The van der Waals surface area contributed by atoms with Crippen LogP contribution >= 0.6 is 24.0 Å². The number of rotatable bonds is 5. The number of hydrogen-bond acceptors (Lipinski definition) is 5. The van der Waals surface area contributed by atoms with Crippen molar-refractivity contribution in [2.45, 2.75) is 13.5 Å². The van der Waals surface area contributed by atoms with Crippen LogP contribution in [0.2, 0.25) is 0 Å². The van der Waals surface area contributed by atoms with Gasteiger partial charge < -0.3 is 29.3 Å². The van der Waals surface area contributed by atoms with E-state index >= 15 is 0 Å². The first-order valence-electron chi connectivity index (χ1n) is 8.71. The second-order valence-electron chi connectivity index (χ2n) is 5.76. The smallest absolute Gasteiger partial charge is 0.409 e. The Labute approximate surface area is 177 Å². The van der Waals surface area contributed by atoms with Crippen LogP contribution in [0, 0.1) is 0 Å². The molecule has 1 N–H and O–H groups in total. The summed E-state index contributed by atoms with van der Waals surface area (Å²) in [5.74, 6) is 2.21. The van der Waals surface area contributed by atoms with Gasteiger partial charge in [-0.2, -0.15) is 0 Å². The lowest BCUT2D eigenvalue weighted by molar-refractivity contribution is 0.0914. The Hall–Kier alpha value is -1.91. The van der Waals surface area contributed by atoms with Crippen molar-refractivity contribution < 1.29 is 19.0 Å². The molecule has 0 bridgehead atoms. The lowest BCUT2D eigenvalue weighted by Crippen LogP contribution is -2.53. The van der Waals surface area contributed by atoms with Gasteiger partial charge in [-0.1, -0.05) is 6.07 Å². The largest absolute Gasteiger partial charge is 0.493 e. The van der Waals surface area contributed by atoms with Gasteiger partial charge in [0.05, 0.1) is 20.8 Å². The van der Waals surface area contributed by atoms with Crippen molar-refractivity contribution in [2.75, 3.05) is 54.1 Å². The Morgan fingerprint density at radius 2 is 1.74 bits per heavy atom. The second-order valence-corrected chi connectivity index (χ2v) is 5.76. The van der Waals surface area contributed by atoms with Crippen LogP contribution in [0.5, 0.6) is 11.5 Å². The Morgan fingerprint density at radius 1 is 1.11 bits per heavy atom. The summed E-state index contributed by atoms with van der Waals surface area (Å²) >= 11 is 0. The standard InChI is InChI=1S/C18H28N4O4.HI/c1-5-26-18(23)22-10-8-21(9-11-22)17(19-2)20-13-14-6-7-15(24-3)16(12-14)25-4;/h6-7,12H,5,8-11,13H2,1-4H3,(H,19,20);1H. The molecule has 8 nitrogen and oxygen atoms in total. The van der Waals surface area contributed by atoms with Gasteiger partial charge in [-0.3, -0.25) is 4.99 Å². The molecule has 1 saturated heterocycles. The molecule has 27 heavy (non-hydrogen) atoms. The molecule has 1 fully saturated rings. The molecule has 152 valence electrons. The number of benzene rings is 1. The Kier molecular flexibility index (Phi) is 10.0. The van der Waals surface area contributed by atoms with E-state index in [2.05, 4.69) is 15.2 Å². The van der Waals surface area contributed by atoms with Gasteiger partial charge in [-0.05, 0) is 24.6 Å². The number of aliphatic imine (C=N–C) groups is 1. The van der Waals surface area contributed by atoms with E-state index in [4.69, 9.17) is 14.2 Å². The fraction of sp³-hybridized carbons (Fsp3) is 0.556. The van der Waals surface area contributed by atoms with Gasteiger partial charge in [-0.15, -0.1) is 24.0 Å². The van der Waals surface area contributed by atoms with Crippen LogP contribution in [0.1, 0.15) is 12.5 Å². The van der Waals surface area contributed by atoms with E-state index < -0.39 is 0 Å². The number of methoxy groups -OCH3 is 2. The lowest BCUT2D eigenvalue weighted by atomic mass is 10.2. The van der Waals surface area contributed by atoms with E-state index in [-0.39, 0.29) is 30.1 Å². The summed E-state index contributed by atoms with van der Waals surface area (Å²) in [6.45, 7) is 5.49. The molecule has 1 aliphatic heterocycles. The van der Waals surface area contributed by atoms with Gasteiger partial charge in [0.1, 0.15) is 0 Å². The number of hydrogen-bond donors (Lipinski definition) is 1. The summed E-state index contributed by atoms with van der Waals surface area (Å²) in [4.78, 5) is 20.0. The first-order valence-corrected chi connectivity index (χ1v) is 8.71. The summed E-state index contributed by atoms with van der Waals surface area (Å²) < 4.78 is 15.6. The van der Waals surface area contributed by atoms with Crippen LogP contribution < -0.4 is 14.8 Å². The third kappa shape index (κ3) is 6.33. The molecule has 0 spiro atoms. The van der Waals surface area contributed by atoms with Crippen molar-refractivity contribution in [3.63, 3.8) is 0 Å². The maximum atomic E-state index is 11.8. The molecule has 0 unspecified atom stereocenters. The normalized spacial score (nSPS) is 14.3. The summed E-state index contributed by atoms with van der Waals surface area (Å²) in [6.07, 6.45) is -0.250. The molecule has 0 radical (unpaired) electrons. The first-order chi connectivity index (χ1) is 12.6. The highest BCUT2D eigenvalue weighted by atomic mass is 127. The number of nitrogens with zero attached hydrogens (tertiary/aromatic N) is 3. The van der Waals surface area contributed by atoms with Crippen LogP contribution in [0.3, 0.4) is 0 Å². The van der Waals surface area contributed by atoms with E-state index in [1.807, 2.05) is 25.1 Å². The lowest BCUT2D eigenvalue weighted by Gasteiger charge is -2.35. The Morgan fingerprint density at radius 3 is 2.30 bits per heavy atom. The van der Waals surface area contributed by atoms with E-state index in [1.165, 1.54) is 0 Å². The number of ether oxygens (including phenoxy) is 3. The summed E-state index contributed by atoms with van der Waals surface area (Å²) in [5, 5.41) is 3.36. The van der Waals surface area contributed by atoms with Gasteiger partial charge in [0.15, 0.2) is 17.5 Å². The highest BCUT2D eigenvalue weighted by Gasteiger charge is 2.23. The number of carbonyl (C=O) groups excluding carboxylic acids is 1. The van der Waals surface area contributed by atoms with E-state index in [1.54, 1.807) is 26.2 Å². The highest BCUT2D eigenvalue weighted by molar-refractivity contribution is 14.0. The number of amides is 1. The zero-order valence-corrected chi connectivity index (χ0v) is 18.7. The molecule has 1 heterocycles. The molecule has 0 atom stereocenters. The summed E-state index contributed by atoms with van der Waals surface area (Å²) in [6, 6.07) is 5.81. The summed E-state index contributed by atoms with van der Waals surface area (Å²) in [5.41, 5.74) is 1.06. The topological polar surface area (TPSA) is 75.6 Å². The van der Waals surface area contributed by atoms with Crippen LogP contribution in [0.4, 0.5) is 4.79 Å². The van der Waals surface area contributed by atoms with Crippen molar-refractivity contribution >= 4 is 36.0 Å². The van der Waals surface area contributed by atoms with Gasteiger partial charge >= 0.3 is 6.09 Å². The first kappa shape index (κ1) is 23.1. The zero-order chi connectivity index (χ0) is 18.9. The number of halogens is 1. The Bertz CT molecular complexity index is 634. The molecule has 0 saturated carbocycles. The zero-order valence-electron chi connectivity index (χ0n) is 16.4. The minimum atomic E-state index is -0.250. The minimum absolute atomic E-state index is 0. The van der Waals surface area contributed by atoms with Gasteiger partial charge in [0, 0.05) is 39.8 Å². The van der Waals surface area contributed by atoms with Crippen molar-refractivity contribution in [2.24, 2.45) is 4.99 Å². The van der Waals surface area contributed by atoms with Crippen LogP contribution in [-0.2, 0) is 11.3 Å². The van der Waals surface area contributed by atoms with E-state index in [0.29, 0.717) is 50.8 Å². The average Bonchev–Trinajstić information content (AvgIpc) is 2.68. The molecular weight excluding hydrogens is 463 g/mol. The van der Waals surface area contributed by atoms with Gasteiger partial charge in [0.2, 0.25) is 0 Å². The second kappa shape index (κ2) is 11.7. The molecule has 1 aromatic rings. The van der Waals surface area contributed by atoms with Crippen molar-refractivity contribution in [1.82, 2.24) is 15.1 Å². The molecule has 1 amide bonds. The predicted molar refractivity (Wildman–Crippen MR) is 115 cm³/mol. The molecule has 1 aromatic carbocycles. The molecule has 2 rings (SSSR count). The van der Waals surface area contributed by atoms with E-state index in [9.17, 15) is 4.79 Å². The quantitative estimate of drug-likeness (QED) is 0.386. The van der Waals surface area contributed by atoms with Crippen LogP contribution in [0.25, 0.3) is 0 Å². The molecule has 0 aromatic heterocycles. The fourth-order valence-corrected chi connectivity index (χ4v) is 2.82. The molecular formula is C18H29IN4O4. The van der Waals surface area contributed by atoms with Gasteiger partial charge in [-0.25, -0.2) is 4.79 Å². The Balaban J connectivity index is 0.00000364. The van der Waals surface area contributed by atoms with Crippen molar-refractivity contribution in [3.05, 3.63) is 23.8 Å². The van der Waals surface area contributed by atoms with Crippen LogP contribution in [-0.4, -0.2) is 75.9 Å². The minimum Gasteiger partial charge on any atom is -0.493 e. The number of nitrogens with one attached hydrogen (secondary N) is 1. The predicted octanol–water partition coefficient (Wildman–Crippen LogP) is 2.17. The van der Waals surface area contributed by atoms with Crippen molar-refractivity contribution in [1.29, 1.82) is 0 Å². The van der Waals surface area contributed by atoms with Gasteiger partial charge in [0.25, 0.3) is 0 Å². The number of guanidine groups is 1. The van der Waals surface area contributed by atoms with Crippen molar-refractivity contribution in [3.8, 4) is 11.5 Å². The summed E-state index contributed by atoms with van der Waals surface area (Å²) in [7, 11) is 5.00. The SMILES string of the molecule is CCOC(=O)N1CCN(C(=NC)NCc2ccc(OC)c(OC)c2)CC1.I. The fourth-order valence-electron chi connectivity index (χ4n) is 2.82. The molecule has 9 heteroatoms. The molecule has 1 aliphatic rings. The van der Waals surface area contributed by atoms with E-state index in [0.717, 1.165) is 11.5 Å². The maximum absolute atomic E-state index is 11.8. The third-order valence-electron chi connectivity index (χ3n) is 4.22. The number of piperazine rings is 1. The molecule has 0 aliphatic carbocycles. The highest BCUT2D eigenvalue weighted by Crippen LogP contribution is 2.27. The third-order valence-corrected chi connectivity index (χ3v) is 4.22. The average molecular weight is 492 g/mol. The number of carbonyl (C=O) groups is 1. The van der Waals surface area contributed by atoms with Crippen LogP contribution in [0.15, 0.2) is 23.2 Å².